The van der Waals surface area contributed by atoms with Gasteiger partial charge in [0.05, 0.1) is 26.3 Å². The maximum atomic E-state index is 12.3. The molecule has 0 saturated carbocycles. The Hall–Kier alpha value is -3.28. The van der Waals surface area contributed by atoms with Gasteiger partial charge < -0.3 is 19.3 Å². The van der Waals surface area contributed by atoms with E-state index in [-0.39, 0.29) is 12.3 Å². The molecule has 1 aromatic heterocycles. The van der Waals surface area contributed by atoms with Gasteiger partial charge in [0.15, 0.2) is 17.3 Å². The lowest BCUT2D eigenvalue weighted by Crippen LogP contribution is -2.15. The summed E-state index contributed by atoms with van der Waals surface area (Å²) in [4.78, 5) is 12.3. The minimum absolute atomic E-state index is 0.129. The largest absolute Gasteiger partial charge is 0.493 e. The van der Waals surface area contributed by atoms with Crippen molar-refractivity contribution < 1.29 is 18.8 Å². The van der Waals surface area contributed by atoms with Crippen LogP contribution in [0.5, 0.6) is 11.5 Å². The second-order valence-corrected chi connectivity index (χ2v) is 6.22. The van der Waals surface area contributed by atoms with Gasteiger partial charge in [-0.15, -0.1) is 0 Å². The van der Waals surface area contributed by atoms with Gasteiger partial charge in [-0.25, -0.2) is 0 Å². The topological polar surface area (TPSA) is 73.6 Å². The van der Waals surface area contributed by atoms with Crippen molar-refractivity contribution in [3.63, 3.8) is 0 Å². The molecule has 1 N–H and O–H groups in total. The Morgan fingerprint density at radius 1 is 1.07 bits per heavy atom. The van der Waals surface area contributed by atoms with Gasteiger partial charge in [0.25, 0.3) is 0 Å². The Morgan fingerprint density at radius 2 is 1.85 bits per heavy atom. The zero-order valence-electron chi connectivity index (χ0n) is 15.8. The summed E-state index contributed by atoms with van der Waals surface area (Å²) in [5, 5.41) is 6.93. The van der Waals surface area contributed by atoms with E-state index in [1.165, 1.54) is 0 Å². The van der Waals surface area contributed by atoms with Crippen molar-refractivity contribution in [3.8, 4) is 22.8 Å². The van der Waals surface area contributed by atoms with E-state index in [0.717, 1.165) is 22.4 Å². The van der Waals surface area contributed by atoms with E-state index < -0.39 is 0 Å². The maximum absolute atomic E-state index is 12.3. The zero-order chi connectivity index (χ0) is 19.4. The fraction of sp³-hybridized carbons (Fsp3) is 0.238. The van der Waals surface area contributed by atoms with Crippen LogP contribution in [-0.4, -0.2) is 25.3 Å². The van der Waals surface area contributed by atoms with Crippen LogP contribution in [0.25, 0.3) is 11.3 Å². The number of amides is 1. The standard InChI is InChI=1S/C21H22N2O4/c1-13-6-5-7-17(14(13)2)22-21(24)12-16-11-19(27-23-16)15-8-9-18(25-3)20(10-15)26-4/h5-11H,12H2,1-4H3,(H,22,24). The van der Waals surface area contributed by atoms with Crippen molar-refractivity contribution in [1.29, 1.82) is 0 Å². The van der Waals surface area contributed by atoms with Crippen LogP contribution in [-0.2, 0) is 11.2 Å². The van der Waals surface area contributed by atoms with Gasteiger partial charge in [-0.3, -0.25) is 4.79 Å². The Bertz CT molecular complexity index is 963. The molecule has 3 rings (SSSR count). The molecule has 0 radical (unpaired) electrons. The van der Waals surface area contributed by atoms with E-state index in [4.69, 9.17) is 14.0 Å². The van der Waals surface area contributed by atoms with Crippen molar-refractivity contribution >= 4 is 11.6 Å². The number of aryl methyl sites for hydroxylation is 1. The van der Waals surface area contributed by atoms with E-state index in [9.17, 15) is 4.79 Å². The first-order chi connectivity index (χ1) is 13.0. The molecule has 0 spiro atoms. The monoisotopic (exact) mass is 366 g/mol. The molecule has 0 fully saturated rings. The minimum Gasteiger partial charge on any atom is -0.493 e. The summed E-state index contributed by atoms with van der Waals surface area (Å²) in [6, 6.07) is 13.0. The van der Waals surface area contributed by atoms with E-state index in [1.54, 1.807) is 32.4 Å². The molecular weight excluding hydrogens is 344 g/mol. The van der Waals surface area contributed by atoms with Crippen molar-refractivity contribution in [1.82, 2.24) is 5.16 Å². The molecule has 6 nitrogen and oxygen atoms in total. The predicted molar refractivity (Wildman–Crippen MR) is 103 cm³/mol. The number of anilines is 1. The second-order valence-electron chi connectivity index (χ2n) is 6.22. The van der Waals surface area contributed by atoms with Gasteiger partial charge >= 0.3 is 0 Å². The van der Waals surface area contributed by atoms with Crippen LogP contribution >= 0.6 is 0 Å². The number of aromatic nitrogens is 1. The smallest absolute Gasteiger partial charge is 0.230 e. The number of hydrogen-bond acceptors (Lipinski definition) is 5. The fourth-order valence-corrected chi connectivity index (χ4v) is 2.77. The molecule has 1 heterocycles. The number of benzene rings is 2. The van der Waals surface area contributed by atoms with Gasteiger partial charge in [-0.05, 0) is 49.2 Å². The van der Waals surface area contributed by atoms with Crippen LogP contribution < -0.4 is 14.8 Å². The van der Waals surface area contributed by atoms with Crippen molar-refractivity contribution in [3.05, 3.63) is 59.3 Å². The van der Waals surface area contributed by atoms with Crippen LogP contribution in [0.15, 0.2) is 47.0 Å². The fourth-order valence-electron chi connectivity index (χ4n) is 2.77. The highest BCUT2D eigenvalue weighted by molar-refractivity contribution is 5.93. The van der Waals surface area contributed by atoms with Crippen molar-refractivity contribution in [2.75, 3.05) is 19.5 Å². The van der Waals surface area contributed by atoms with Gasteiger partial charge in [0.1, 0.15) is 0 Å². The highest BCUT2D eigenvalue weighted by atomic mass is 16.5. The lowest BCUT2D eigenvalue weighted by atomic mass is 10.1. The predicted octanol–water partition coefficient (Wildman–Crippen LogP) is 4.16. The third kappa shape index (κ3) is 4.11. The Balaban J connectivity index is 1.72. The quantitative estimate of drug-likeness (QED) is 0.709. The number of rotatable bonds is 6. The molecule has 2 aromatic carbocycles. The SMILES string of the molecule is COc1ccc(-c2cc(CC(=O)Nc3cccc(C)c3C)no2)cc1OC. The number of hydrogen-bond donors (Lipinski definition) is 1. The molecule has 0 aliphatic carbocycles. The Labute approximate surface area is 158 Å². The maximum Gasteiger partial charge on any atom is 0.230 e. The molecular formula is C21H22N2O4. The first-order valence-electron chi connectivity index (χ1n) is 8.56. The normalized spacial score (nSPS) is 10.5. The number of carbonyl (C=O) groups is 1. The summed E-state index contributed by atoms with van der Waals surface area (Å²) < 4.78 is 15.9. The molecule has 0 atom stereocenters. The summed E-state index contributed by atoms with van der Waals surface area (Å²) in [6.07, 6.45) is 0.129. The first-order valence-corrected chi connectivity index (χ1v) is 8.56. The Kier molecular flexibility index (Phi) is 5.45. The molecule has 0 aliphatic rings. The van der Waals surface area contributed by atoms with E-state index >= 15 is 0 Å². The van der Waals surface area contributed by atoms with Gasteiger partial charge in [0, 0.05) is 17.3 Å². The lowest BCUT2D eigenvalue weighted by molar-refractivity contribution is -0.115. The van der Waals surface area contributed by atoms with E-state index in [1.807, 2.05) is 38.1 Å². The molecule has 3 aromatic rings. The third-order valence-corrected chi connectivity index (χ3v) is 4.45. The van der Waals surface area contributed by atoms with Crippen molar-refractivity contribution in [2.45, 2.75) is 20.3 Å². The van der Waals surface area contributed by atoms with E-state index in [2.05, 4.69) is 10.5 Å². The summed E-state index contributed by atoms with van der Waals surface area (Å²) in [6.45, 7) is 3.99. The van der Waals surface area contributed by atoms with Crippen LogP contribution in [0.2, 0.25) is 0 Å². The second kappa shape index (κ2) is 7.95. The van der Waals surface area contributed by atoms with Crippen molar-refractivity contribution in [2.24, 2.45) is 0 Å². The number of carbonyl (C=O) groups excluding carboxylic acids is 1. The molecule has 0 bridgehead atoms. The average molecular weight is 366 g/mol. The highest BCUT2D eigenvalue weighted by Gasteiger charge is 2.14. The zero-order valence-corrected chi connectivity index (χ0v) is 15.8. The molecule has 0 unspecified atom stereocenters. The minimum atomic E-state index is -0.143. The molecule has 0 aliphatic heterocycles. The van der Waals surface area contributed by atoms with Crippen LogP contribution in [0.4, 0.5) is 5.69 Å². The molecule has 140 valence electrons. The number of nitrogens with zero attached hydrogens (tertiary/aromatic N) is 1. The molecule has 0 saturated heterocycles. The van der Waals surface area contributed by atoms with Gasteiger partial charge in [0.2, 0.25) is 5.91 Å². The van der Waals surface area contributed by atoms with E-state index in [0.29, 0.717) is 23.0 Å². The average Bonchev–Trinajstić information content (AvgIpc) is 3.13. The number of nitrogens with one attached hydrogen (secondary N) is 1. The molecule has 27 heavy (non-hydrogen) atoms. The summed E-state index contributed by atoms with van der Waals surface area (Å²) in [7, 11) is 3.16. The van der Waals surface area contributed by atoms with Gasteiger partial charge in [-0.2, -0.15) is 0 Å². The summed E-state index contributed by atoms with van der Waals surface area (Å²) in [5.74, 6) is 1.65. The number of ether oxygens (including phenoxy) is 2. The summed E-state index contributed by atoms with van der Waals surface area (Å²) in [5.41, 5.74) is 4.34. The molecule has 6 heteroatoms. The third-order valence-electron chi connectivity index (χ3n) is 4.45. The van der Waals surface area contributed by atoms with Gasteiger partial charge in [-0.1, -0.05) is 17.3 Å². The Morgan fingerprint density at radius 3 is 2.59 bits per heavy atom. The first kappa shape index (κ1) is 18.5. The highest BCUT2D eigenvalue weighted by Crippen LogP contribution is 2.32. The van der Waals surface area contributed by atoms with Crippen LogP contribution in [0.3, 0.4) is 0 Å². The van der Waals surface area contributed by atoms with Crippen LogP contribution in [0, 0.1) is 13.8 Å². The lowest BCUT2D eigenvalue weighted by Gasteiger charge is -2.09. The number of methoxy groups -OCH3 is 2. The molecule has 1 amide bonds. The van der Waals surface area contributed by atoms with Crippen LogP contribution in [0.1, 0.15) is 16.8 Å². The summed E-state index contributed by atoms with van der Waals surface area (Å²) >= 11 is 0.